The van der Waals surface area contributed by atoms with E-state index in [1.54, 1.807) is 10.8 Å². The first-order valence-corrected chi connectivity index (χ1v) is 7.55. The van der Waals surface area contributed by atoms with Crippen molar-refractivity contribution in [2.24, 2.45) is 5.92 Å². The Labute approximate surface area is 130 Å². The lowest BCUT2D eigenvalue weighted by molar-refractivity contribution is -0.184. The SMILES string of the molecule is C=C=C[C@H]1O[C@H](CC)[C@H](C)[C@H](n2cc(C)nn2)[C@H]1OC(C)=O. The highest BCUT2D eigenvalue weighted by molar-refractivity contribution is 5.66. The minimum absolute atomic E-state index is 0.0379. The van der Waals surface area contributed by atoms with Crippen LogP contribution in [-0.2, 0) is 14.3 Å². The van der Waals surface area contributed by atoms with E-state index in [1.807, 2.05) is 13.1 Å². The Hall–Kier alpha value is -1.91. The van der Waals surface area contributed by atoms with Crippen molar-refractivity contribution in [3.8, 4) is 0 Å². The quantitative estimate of drug-likeness (QED) is 0.630. The van der Waals surface area contributed by atoms with Crippen LogP contribution in [0.2, 0.25) is 0 Å². The summed E-state index contributed by atoms with van der Waals surface area (Å²) in [7, 11) is 0. The fraction of sp³-hybridized carbons (Fsp3) is 0.625. The van der Waals surface area contributed by atoms with Crippen molar-refractivity contribution >= 4 is 5.97 Å². The average molecular weight is 305 g/mol. The molecule has 1 aromatic heterocycles. The molecular weight excluding hydrogens is 282 g/mol. The molecule has 2 heterocycles. The van der Waals surface area contributed by atoms with Gasteiger partial charge in [0.15, 0.2) is 6.10 Å². The van der Waals surface area contributed by atoms with E-state index in [0.717, 1.165) is 12.1 Å². The zero-order valence-electron chi connectivity index (χ0n) is 13.5. The molecule has 120 valence electrons. The first-order valence-electron chi connectivity index (χ1n) is 7.55. The van der Waals surface area contributed by atoms with Crippen molar-refractivity contribution < 1.29 is 14.3 Å². The average Bonchev–Trinajstić information content (AvgIpc) is 2.87. The van der Waals surface area contributed by atoms with Gasteiger partial charge in [-0.05, 0) is 19.4 Å². The summed E-state index contributed by atoms with van der Waals surface area (Å²) in [6.07, 6.45) is 3.60. The second kappa shape index (κ2) is 6.90. The van der Waals surface area contributed by atoms with Crippen molar-refractivity contribution in [1.29, 1.82) is 0 Å². The van der Waals surface area contributed by atoms with Crippen LogP contribution in [0, 0.1) is 12.8 Å². The number of ether oxygens (including phenoxy) is 2. The van der Waals surface area contributed by atoms with Crippen LogP contribution in [-0.4, -0.2) is 39.3 Å². The van der Waals surface area contributed by atoms with E-state index < -0.39 is 12.2 Å². The standard InChI is InChI=1S/C16H23N3O3/c1-6-8-14-16(21-12(5)20)15(11(4)13(7-2)22-14)19-9-10(3)17-18-19/h8-9,11,13-16H,1,7H2,2-5H3/t11-,13+,14+,15-,16-/m0/s1. The van der Waals surface area contributed by atoms with Gasteiger partial charge in [0.2, 0.25) is 0 Å². The fourth-order valence-corrected chi connectivity index (χ4v) is 3.07. The van der Waals surface area contributed by atoms with E-state index in [4.69, 9.17) is 9.47 Å². The van der Waals surface area contributed by atoms with Gasteiger partial charge in [0.05, 0.1) is 17.8 Å². The van der Waals surface area contributed by atoms with E-state index in [2.05, 4.69) is 36.5 Å². The second-order valence-corrected chi connectivity index (χ2v) is 5.68. The number of hydrogen-bond donors (Lipinski definition) is 0. The number of hydrogen-bond acceptors (Lipinski definition) is 5. The molecule has 0 bridgehead atoms. The van der Waals surface area contributed by atoms with Gasteiger partial charge in [-0.15, -0.1) is 10.8 Å². The summed E-state index contributed by atoms with van der Waals surface area (Å²) in [5.74, 6) is -0.218. The highest BCUT2D eigenvalue weighted by Gasteiger charge is 2.45. The zero-order valence-corrected chi connectivity index (χ0v) is 13.5. The first-order chi connectivity index (χ1) is 10.5. The van der Waals surface area contributed by atoms with Crippen molar-refractivity contribution in [2.45, 2.75) is 58.5 Å². The number of aromatic nitrogens is 3. The van der Waals surface area contributed by atoms with Gasteiger partial charge >= 0.3 is 5.97 Å². The van der Waals surface area contributed by atoms with Crippen LogP contribution >= 0.6 is 0 Å². The molecule has 0 N–H and O–H groups in total. The molecule has 0 amide bonds. The van der Waals surface area contributed by atoms with E-state index in [9.17, 15) is 4.79 Å². The number of esters is 1. The fourth-order valence-electron chi connectivity index (χ4n) is 3.07. The normalized spacial score (nSPS) is 31.4. The van der Waals surface area contributed by atoms with Gasteiger partial charge in [0, 0.05) is 19.0 Å². The number of carbonyl (C=O) groups excluding carboxylic acids is 1. The van der Waals surface area contributed by atoms with Crippen molar-refractivity contribution in [2.75, 3.05) is 0 Å². The highest BCUT2D eigenvalue weighted by atomic mass is 16.6. The molecule has 0 aromatic carbocycles. The van der Waals surface area contributed by atoms with Gasteiger partial charge < -0.3 is 9.47 Å². The molecule has 1 aromatic rings. The minimum atomic E-state index is -0.481. The molecule has 6 heteroatoms. The summed E-state index contributed by atoms with van der Waals surface area (Å²) < 4.78 is 13.4. The third kappa shape index (κ3) is 3.29. The predicted molar refractivity (Wildman–Crippen MR) is 81.2 cm³/mol. The zero-order chi connectivity index (χ0) is 16.3. The highest BCUT2D eigenvalue weighted by Crippen LogP contribution is 2.37. The van der Waals surface area contributed by atoms with Crippen LogP contribution in [0.5, 0.6) is 0 Å². The van der Waals surface area contributed by atoms with Gasteiger partial charge in [-0.25, -0.2) is 4.68 Å². The molecule has 2 rings (SSSR count). The molecule has 1 aliphatic heterocycles. The molecule has 0 radical (unpaired) electrons. The van der Waals surface area contributed by atoms with Crippen LogP contribution in [0.3, 0.4) is 0 Å². The van der Waals surface area contributed by atoms with Crippen molar-refractivity contribution in [3.63, 3.8) is 0 Å². The Balaban J connectivity index is 2.43. The largest absolute Gasteiger partial charge is 0.457 e. The molecule has 22 heavy (non-hydrogen) atoms. The molecule has 1 saturated heterocycles. The van der Waals surface area contributed by atoms with Gasteiger partial charge in [0.1, 0.15) is 6.10 Å². The maximum atomic E-state index is 11.5. The number of rotatable bonds is 4. The number of aryl methyl sites for hydroxylation is 1. The maximum absolute atomic E-state index is 11.5. The Morgan fingerprint density at radius 3 is 2.86 bits per heavy atom. The monoisotopic (exact) mass is 305 g/mol. The Morgan fingerprint density at radius 2 is 2.36 bits per heavy atom. The van der Waals surface area contributed by atoms with Crippen LogP contribution < -0.4 is 0 Å². The maximum Gasteiger partial charge on any atom is 0.303 e. The van der Waals surface area contributed by atoms with Crippen LogP contribution in [0.4, 0.5) is 0 Å². The molecule has 6 nitrogen and oxygen atoms in total. The summed E-state index contributed by atoms with van der Waals surface area (Å²) in [5, 5.41) is 8.24. The molecule has 5 atom stereocenters. The van der Waals surface area contributed by atoms with E-state index in [1.165, 1.54) is 6.92 Å². The second-order valence-electron chi connectivity index (χ2n) is 5.68. The lowest BCUT2D eigenvalue weighted by atomic mass is 9.84. The Morgan fingerprint density at radius 1 is 1.64 bits per heavy atom. The third-order valence-corrected chi connectivity index (χ3v) is 4.03. The minimum Gasteiger partial charge on any atom is -0.457 e. The van der Waals surface area contributed by atoms with Crippen LogP contribution in [0.1, 0.15) is 38.9 Å². The molecule has 1 aliphatic rings. The molecule has 0 saturated carbocycles. The summed E-state index contributed by atoms with van der Waals surface area (Å²) in [6.45, 7) is 11.0. The molecule has 0 aliphatic carbocycles. The van der Waals surface area contributed by atoms with E-state index >= 15 is 0 Å². The van der Waals surface area contributed by atoms with E-state index in [-0.39, 0.29) is 24.0 Å². The molecule has 0 unspecified atom stereocenters. The molecule has 0 spiro atoms. The third-order valence-electron chi connectivity index (χ3n) is 4.03. The molecular formula is C16H23N3O3. The summed E-state index contributed by atoms with van der Waals surface area (Å²) in [6, 6.07) is -0.140. The Bertz CT molecular complexity index is 577. The van der Waals surface area contributed by atoms with Gasteiger partial charge in [-0.3, -0.25) is 4.79 Å². The first kappa shape index (κ1) is 16.5. The number of nitrogens with zero attached hydrogens (tertiary/aromatic N) is 3. The van der Waals surface area contributed by atoms with Crippen molar-refractivity contribution in [1.82, 2.24) is 15.0 Å². The Kier molecular flexibility index (Phi) is 5.16. The summed E-state index contributed by atoms with van der Waals surface area (Å²) >= 11 is 0. The van der Waals surface area contributed by atoms with Crippen molar-refractivity contribution in [3.05, 3.63) is 30.3 Å². The van der Waals surface area contributed by atoms with E-state index in [0.29, 0.717) is 0 Å². The van der Waals surface area contributed by atoms with Crippen LogP contribution in [0.25, 0.3) is 0 Å². The smallest absolute Gasteiger partial charge is 0.303 e. The van der Waals surface area contributed by atoms with Gasteiger partial charge in [-0.1, -0.05) is 25.6 Å². The summed E-state index contributed by atoms with van der Waals surface area (Å²) in [4.78, 5) is 11.5. The van der Waals surface area contributed by atoms with Gasteiger partial charge in [0.25, 0.3) is 0 Å². The summed E-state index contributed by atoms with van der Waals surface area (Å²) in [5.41, 5.74) is 3.56. The lowest BCUT2D eigenvalue weighted by Crippen LogP contribution is -2.51. The topological polar surface area (TPSA) is 66.2 Å². The number of carbonyl (C=O) groups is 1. The van der Waals surface area contributed by atoms with Gasteiger partial charge in [-0.2, -0.15) is 0 Å². The lowest BCUT2D eigenvalue weighted by Gasteiger charge is -2.43. The molecule has 1 fully saturated rings. The predicted octanol–water partition coefficient (Wildman–Crippen LogP) is 2.21. The van der Waals surface area contributed by atoms with Crippen LogP contribution in [0.15, 0.2) is 24.6 Å².